The highest BCUT2D eigenvalue weighted by molar-refractivity contribution is 5.70. The van der Waals surface area contributed by atoms with Crippen LogP contribution in [0.4, 0.5) is 4.39 Å². The Bertz CT molecular complexity index is 989. The monoisotopic (exact) mass is 356 g/mol. The van der Waals surface area contributed by atoms with Gasteiger partial charge in [0.1, 0.15) is 17.4 Å². The number of hydrogen-bond acceptors (Lipinski definition) is 4. The molecule has 0 amide bonds. The van der Waals surface area contributed by atoms with E-state index in [1.54, 1.807) is 12.1 Å². The Morgan fingerprint density at radius 1 is 1.31 bits per heavy atom. The fourth-order valence-corrected chi connectivity index (χ4v) is 3.51. The van der Waals surface area contributed by atoms with Crippen LogP contribution in [-0.4, -0.2) is 19.5 Å². The summed E-state index contributed by atoms with van der Waals surface area (Å²) in [6, 6.07) is 5.92. The van der Waals surface area contributed by atoms with Crippen LogP contribution in [0.5, 0.6) is 11.8 Å². The van der Waals surface area contributed by atoms with Gasteiger partial charge in [-0.25, -0.2) is 9.37 Å². The van der Waals surface area contributed by atoms with E-state index in [0.717, 1.165) is 25.1 Å². The quantitative estimate of drug-likeness (QED) is 0.746. The molecule has 1 N–H and O–H groups in total. The minimum absolute atomic E-state index is 0.138. The topological polar surface area (TPSA) is 72.8 Å². The van der Waals surface area contributed by atoms with Gasteiger partial charge in [-0.15, -0.1) is 0 Å². The predicted octanol–water partition coefficient (Wildman–Crippen LogP) is 4.12. The first-order valence-electron chi connectivity index (χ1n) is 9.09. The molecule has 0 bridgehead atoms. The molecule has 0 saturated heterocycles. The van der Waals surface area contributed by atoms with Gasteiger partial charge in [-0.3, -0.25) is 9.36 Å². The lowest BCUT2D eigenvalue weighted by atomic mass is 10.1. The van der Waals surface area contributed by atoms with Crippen molar-refractivity contribution in [3.05, 3.63) is 46.3 Å². The van der Waals surface area contributed by atoms with Crippen LogP contribution >= 0.6 is 0 Å². The molecule has 1 aliphatic rings. The summed E-state index contributed by atoms with van der Waals surface area (Å²) in [7, 11) is 0. The third-order valence-corrected chi connectivity index (χ3v) is 4.79. The van der Waals surface area contributed by atoms with Gasteiger partial charge in [0.25, 0.3) is 5.56 Å². The number of nitrogens with one attached hydrogen (secondary N) is 1. The van der Waals surface area contributed by atoms with E-state index in [-0.39, 0.29) is 11.6 Å². The molecule has 0 aliphatic heterocycles. The van der Waals surface area contributed by atoms with Crippen LogP contribution in [0.1, 0.15) is 50.8 Å². The summed E-state index contributed by atoms with van der Waals surface area (Å²) in [5.74, 6) is 1.08. The van der Waals surface area contributed by atoms with E-state index in [0.29, 0.717) is 29.4 Å². The van der Waals surface area contributed by atoms with Crippen molar-refractivity contribution in [1.29, 1.82) is 0 Å². The first-order chi connectivity index (χ1) is 12.7. The Hall–Kier alpha value is -2.70. The number of fused-ring (bicyclic) bond motifs is 1. The highest BCUT2D eigenvalue weighted by Gasteiger charge is 2.23. The van der Waals surface area contributed by atoms with Gasteiger partial charge in [0.2, 0.25) is 0 Å². The summed E-state index contributed by atoms with van der Waals surface area (Å²) in [6.07, 6.45) is 5.27. The van der Waals surface area contributed by atoms with E-state index in [2.05, 4.69) is 15.0 Å². The predicted molar refractivity (Wildman–Crippen MR) is 96.1 cm³/mol. The van der Waals surface area contributed by atoms with Gasteiger partial charge in [-0.2, -0.15) is 4.98 Å². The first-order valence-corrected chi connectivity index (χ1v) is 9.09. The Kier molecular flexibility index (Phi) is 4.44. The van der Waals surface area contributed by atoms with Crippen molar-refractivity contribution < 1.29 is 9.13 Å². The number of hydrogen-bond donors (Lipinski definition) is 1. The molecule has 7 heteroatoms. The van der Waals surface area contributed by atoms with E-state index >= 15 is 0 Å². The molecule has 136 valence electrons. The second kappa shape index (κ2) is 6.90. The zero-order chi connectivity index (χ0) is 18.1. The molecule has 3 aromatic rings. The Balaban J connectivity index is 1.79. The van der Waals surface area contributed by atoms with Crippen molar-refractivity contribution in [2.24, 2.45) is 0 Å². The van der Waals surface area contributed by atoms with E-state index in [1.807, 2.05) is 6.92 Å². The van der Waals surface area contributed by atoms with Crippen LogP contribution in [0.15, 0.2) is 29.1 Å². The summed E-state index contributed by atoms with van der Waals surface area (Å²) in [5.41, 5.74) is 0.558. The molecule has 1 saturated carbocycles. The molecule has 0 radical (unpaired) electrons. The van der Waals surface area contributed by atoms with Gasteiger partial charge in [-0.05, 0) is 31.4 Å². The molecule has 2 aromatic heterocycles. The molecule has 0 spiro atoms. The lowest BCUT2D eigenvalue weighted by Crippen LogP contribution is -2.23. The Labute approximate surface area is 150 Å². The molecule has 1 fully saturated rings. The van der Waals surface area contributed by atoms with E-state index in [4.69, 9.17) is 4.74 Å². The smallest absolute Gasteiger partial charge is 0.306 e. The number of aromatic nitrogens is 4. The van der Waals surface area contributed by atoms with Gasteiger partial charge in [0.05, 0.1) is 0 Å². The van der Waals surface area contributed by atoms with Crippen LogP contribution in [0, 0.1) is 5.82 Å². The van der Waals surface area contributed by atoms with Crippen molar-refractivity contribution in [3.63, 3.8) is 0 Å². The summed E-state index contributed by atoms with van der Waals surface area (Å²) in [6.45, 7) is 2.43. The second-order valence-corrected chi connectivity index (χ2v) is 6.71. The number of benzene rings is 1. The van der Waals surface area contributed by atoms with Crippen molar-refractivity contribution in [2.75, 3.05) is 0 Å². The average Bonchev–Trinajstić information content (AvgIpc) is 3.27. The number of imidazole rings is 1. The highest BCUT2D eigenvalue weighted by atomic mass is 19.1. The number of rotatable bonds is 5. The van der Waals surface area contributed by atoms with Crippen LogP contribution in [-0.2, 0) is 6.54 Å². The zero-order valence-electron chi connectivity index (χ0n) is 14.7. The maximum Gasteiger partial charge on any atom is 0.306 e. The van der Waals surface area contributed by atoms with Gasteiger partial charge in [0.15, 0.2) is 11.2 Å². The minimum Gasteiger partial charge on any atom is -0.425 e. The van der Waals surface area contributed by atoms with Crippen LogP contribution in [0.2, 0.25) is 0 Å². The molecule has 2 heterocycles. The molecule has 4 rings (SSSR count). The third-order valence-electron chi connectivity index (χ3n) is 4.79. The van der Waals surface area contributed by atoms with E-state index in [1.165, 1.54) is 29.5 Å². The summed E-state index contributed by atoms with van der Waals surface area (Å²) in [4.78, 5) is 25.1. The number of H-pyrrole nitrogens is 1. The maximum atomic E-state index is 13.4. The fraction of sp³-hybridized carbons (Fsp3) is 0.421. The van der Waals surface area contributed by atoms with Crippen LogP contribution in [0.3, 0.4) is 0 Å². The van der Waals surface area contributed by atoms with Crippen molar-refractivity contribution in [1.82, 2.24) is 19.5 Å². The zero-order valence-corrected chi connectivity index (χ0v) is 14.7. The highest BCUT2D eigenvalue weighted by Crippen LogP contribution is 2.33. The third kappa shape index (κ3) is 3.09. The molecular formula is C19H21FN4O2. The average molecular weight is 356 g/mol. The van der Waals surface area contributed by atoms with Gasteiger partial charge in [-0.1, -0.05) is 25.8 Å². The van der Waals surface area contributed by atoms with Crippen LogP contribution in [0.25, 0.3) is 11.2 Å². The molecule has 0 atom stereocenters. The van der Waals surface area contributed by atoms with Crippen molar-refractivity contribution >= 4 is 11.2 Å². The van der Waals surface area contributed by atoms with E-state index < -0.39 is 5.82 Å². The lowest BCUT2D eigenvalue weighted by molar-refractivity contribution is 0.396. The normalized spacial score (nSPS) is 15.0. The molecule has 0 unspecified atom stereocenters. The second-order valence-electron chi connectivity index (χ2n) is 6.71. The molecule has 26 heavy (non-hydrogen) atoms. The Morgan fingerprint density at radius 3 is 2.85 bits per heavy atom. The number of aromatic amines is 1. The lowest BCUT2D eigenvalue weighted by Gasteiger charge is -2.11. The van der Waals surface area contributed by atoms with Gasteiger partial charge >= 0.3 is 6.01 Å². The SMILES string of the molecule is CCCn1c(Oc2cccc(F)c2)nc2nc(C3CCCC3)[nH]c2c1=O. The van der Waals surface area contributed by atoms with Crippen LogP contribution < -0.4 is 10.3 Å². The summed E-state index contributed by atoms with van der Waals surface area (Å²) in [5, 5.41) is 0. The molecule has 6 nitrogen and oxygen atoms in total. The largest absolute Gasteiger partial charge is 0.425 e. The standard InChI is InChI=1S/C19H21FN4O2/c1-2-10-24-18(25)15-17(22-16(21-15)12-6-3-4-7-12)23-19(24)26-14-9-5-8-13(20)11-14/h5,8-9,11-12H,2-4,6-7,10H2,1H3,(H,21,22). The van der Waals surface area contributed by atoms with E-state index in [9.17, 15) is 9.18 Å². The molecule has 1 aromatic carbocycles. The van der Waals surface area contributed by atoms with Gasteiger partial charge in [0, 0.05) is 18.5 Å². The molecular weight excluding hydrogens is 335 g/mol. The Morgan fingerprint density at radius 2 is 2.12 bits per heavy atom. The number of halogens is 1. The minimum atomic E-state index is -0.406. The molecule has 1 aliphatic carbocycles. The number of nitrogens with zero attached hydrogens (tertiary/aromatic N) is 3. The summed E-state index contributed by atoms with van der Waals surface area (Å²) < 4.78 is 20.6. The maximum absolute atomic E-state index is 13.4. The summed E-state index contributed by atoms with van der Waals surface area (Å²) >= 11 is 0. The first kappa shape index (κ1) is 16.8. The fourth-order valence-electron chi connectivity index (χ4n) is 3.51. The van der Waals surface area contributed by atoms with Crippen molar-refractivity contribution in [3.8, 4) is 11.8 Å². The van der Waals surface area contributed by atoms with Crippen molar-refractivity contribution in [2.45, 2.75) is 51.5 Å². The number of ether oxygens (including phenoxy) is 1. The van der Waals surface area contributed by atoms with Gasteiger partial charge < -0.3 is 9.72 Å².